The Morgan fingerprint density at radius 3 is 2.79 bits per heavy atom. The number of carboxylic acid groups (broad SMARTS) is 1. The second-order valence-corrected chi connectivity index (χ2v) is 4.66. The maximum absolute atomic E-state index is 10.9. The van der Waals surface area contributed by atoms with Crippen molar-refractivity contribution in [2.24, 2.45) is 7.05 Å². The van der Waals surface area contributed by atoms with Crippen LogP contribution in [0.2, 0.25) is 0 Å². The smallest absolute Gasteiger partial charge is 0.339 e. The topological polar surface area (TPSA) is 71.5 Å². The van der Waals surface area contributed by atoms with E-state index in [1.807, 2.05) is 29.8 Å². The molecule has 0 spiro atoms. The zero-order valence-electron chi connectivity index (χ0n) is 11.3. The monoisotopic (exact) mass is 263 g/mol. The molecule has 2 aromatic rings. The van der Waals surface area contributed by atoms with Gasteiger partial charge in [-0.3, -0.25) is 4.90 Å². The average Bonchev–Trinajstić information content (AvgIpc) is 2.86. The van der Waals surface area contributed by atoms with Crippen LogP contribution in [0.1, 0.15) is 27.6 Å². The number of carboxylic acids is 1. The summed E-state index contributed by atoms with van der Waals surface area (Å²) in [7, 11) is 3.89. The second kappa shape index (κ2) is 5.27. The molecule has 19 heavy (non-hydrogen) atoms. The molecule has 0 aliphatic carbocycles. The Morgan fingerprint density at radius 1 is 1.53 bits per heavy atom. The Kier molecular flexibility index (Phi) is 3.71. The third-order valence-electron chi connectivity index (χ3n) is 2.97. The zero-order valence-corrected chi connectivity index (χ0v) is 11.3. The molecular weight excluding hydrogens is 246 g/mol. The van der Waals surface area contributed by atoms with Crippen molar-refractivity contribution >= 4 is 5.97 Å². The lowest BCUT2D eigenvalue weighted by atomic mass is 10.2. The summed E-state index contributed by atoms with van der Waals surface area (Å²) in [5.41, 5.74) is 1.31. The molecule has 0 aliphatic heterocycles. The van der Waals surface area contributed by atoms with Crippen LogP contribution in [0.4, 0.5) is 0 Å². The minimum absolute atomic E-state index is 0.226. The van der Waals surface area contributed by atoms with Crippen LogP contribution in [0.3, 0.4) is 0 Å². The van der Waals surface area contributed by atoms with Gasteiger partial charge in [-0.2, -0.15) is 0 Å². The summed E-state index contributed by atoms with van der Waals surface area (Å²) in [6.45, 7) is 2.94. The molecule has 0 aromatic carbocycles. The lowest BCUT2D eigenvalue weighted by molar-refractivity contribution is 0.0695. The van der Waals surface area contributed by atoms with Gasteiger partial charge in [-0.05, 0) is 20.0 Å². The molecule has 0 bridgehead atoms. The van der Waals surface area contributed by atoms with Crippen LogP contribution in [-0.4, -0.2) is 32.6 Å². The molecule has 2 aromatic heterocycles. The zero-order chi connectivity index (χ0) is 14.0. The first kappa shape index (κ1) is 13.4. The summed E-state index contributed by atoms with van der Waals surface area (Å²) in [6.07, 6.45) is 3.56. The number of rotatable bonds is 5. The largest absolute Gasteiger partial charge is 0.478 e. The SMILES string of the molecule is Cc1oc(CN(C)Cc2cncn2C)cc1C(=O)O. The van der Waals surface area contributed by atoms with Crippen molar-refractivity contribution in [2.45, 2.75) is 20.0 Å². The molecule has 1 N–H and O–H groups in total. The second-order valence-electron chi connectivity index (χ2n) is 4.66. The van der Waals surface area contributed by atoms with Crippen LogP contribution in [0.15, 0.2) is 23.0 Å². The maximum Gasteiger partial charge on any atom is 0.339 e. The van der Waals surface area contributed by atoms with E-state index in [-0.39, 0.29) is 5.56 Å². The highest BCUT2D eigenvalue weighted by atomic mass is 16.4. The highest BCUT2D eigenvalue weighted by Gasteiger charge is 2.15. The molecule has 0 unspecified atom stereocenters. The predicted molar refractivity (Wildman–Crippen MR) is 68.8 cm³/mol. The van der Waals surface area contributed by atoms with Crippen molar-refractivity contribution in [2.75, 3.05) is 7.05 Å². The van der Waals surface area contributed by atoms with Crippen molar-refractivity contribution < 1.29 is 14.3 Å². The number of aryl methyl sites for hydroxylation is 2. The first-order valence-corrected chi connectivity index (χ1v) is 5.93. The van der Waals surface area contributed by atoms with Gasteiger partial charge in [0, 0.05) is 19.8 Å². The number of hydrogen-bond donors (Lipinski definition) is 1. The molecule has 6 nitrogen and oxygen atoms in total. The van der Waals surface area contributed by atoms with Gasteiger partial charge in [0.2, 0.25) is 0 Å². The number of nitrogens with zero attached hydrogens (tertiary/aromatic N) is 3. The van der Waals surface area contributed by atoms with Crippen LogP contribution in [0.25, 0.3) is 0 Å². The van der Waals surface area contributed by atoms with Gasteiger partial charge in [-0.25, -0.2) is 9.78 Å². The Balaban J connectivity index is 2.03. The molecule has 0 saturated heterocycles. The first-order chi connectivity index (χ1) is 8.97. The normalized spacial score (nSPS) is 11.2. The van der Waals surface area contributed by atoms with Crippen LogP contribution in [-0.2, 0) is 20.1 Å². The molecule has 102 valence electrons. The summed E-state index contributed by atoms with van der Waals surface area (Å²) in [4.78, 5) is 17.0. The molecule has 0 fully saturated rings. The van der Waals surface area contributed by atoms with Crippen LogP contribution in [0.5, 0.6) is 0 Å². The standard InChI is InChI=1S/C13H17N3O3/c1-9-12(13(17)18)4-11(19-9)7-15(2)6-10-5-14-8-16(10)3/h4-5,8H,6-7H2,1-3H3,(H,17,18). The van der Waals surface area contributed by atoms with Gasteiger partial charge >= 0.3 is 5.97 Å². The van der Waals surface area contributed by atoms with Gasteiger partial charge in [0.15, 0.2) is 0 Å². The third-order valence-corrected chi connectivity index (χ3v) is 2.97. The number of hydrogen-bond acceptors (Lipinski definition) is 4. The van der Waals surface area contributed by atoms with Crippen molar-refractivity contribution in [1.82, 2.24) is 14.5 Å². The van der Waals surface area contributed by atoms with Crippen LogP contribution < -0.4 is 0 Å². The van der Waals surface area contributed by atoms with Crippen molar-refractivity contribution in [3.63, 3.8) is 0 Å². The number of carbonyl (C=O) groups is 1. The highest BCUT2D eigenvalue weighted by Crippen LogP contribution is 2.16. The molecule has 0 atom stereocenters. The number of aromatic carboxylic acids is 1. The third kappa shape index (κ3) is 3.03. The number of furan rings is 1. The van der Waals surface area contributed by atoms with Crippen LogP contribution in [0, 0.1) is 6.92 Å². The number of aromatic nitrogens is 2. The fourth-order valence-electron chi connectivity index (χ4n) is 1.97. The summed E-state index contributed by atoms with van der Waals surface area (Å²) in [5, 5.41) is 8.97. The van der Waals surface area contributed by atoms with Gasteiger partial charge < -0.3 is 14.1 Å². The van der Waals surface area contributed by atoms with Gasteiger partial charge in [0.1, 0.15) is 17.1 Å². The van der Waals surface area contributed by atoms with Crippen molar-refractivity contribution in [1.29, 1.82) is 0 Å². The summed E-state index contributed by atoms with van der Waals surface area (Å²) in [5.74, 6) is 0.137. The Morgan fingerprint density at radius 2 is 2.26 bits per heavy atom. The Hall–Kier alpha value is -2.08. The van der Waals surface area contributed by atoms with E-state index in [0.717, 1.165) is 12.2 Å². The van der Waals surface area contributed by atoms with Gasteiger partial charge in [-0.15, -0.1) is 0 Å². The van der Waals surface area contributed by atoms with E-state index >= 15 is 0 Å². The average molecular weight is 263 g/mol. The molecule has 6 heteroatoms. The first-order valence-electron chi connectivity index (χ1n) is 5.93. The molecule has 0 saturated carbocycles. The minimum atomic E-state index is -0.957. The molecule has 0 amide bonds. The van der Waals surface area contributed by atoms with Crippen LogP contribution >= 0.6 is 0 Å². The summed E-state index contributed by atoms with van der Waals surface area (Å²) < 4.78 is 7.40. The Bertz CT molecular complexity index is 586. The van der Waals surface area contributed by atoms with E-state index < -0.39 is 5.97 Å². The molecule has 0 radical (unpaired) electrons. The van der Waals surface area contributed by atoms with E-state index in [2.05, 4.69) is 4.98 Å². The Labute approximate surface area is 111 Å². The summed E-state index contributed by atoms with van der Waals surface area (Å²) in [6, 6.07) is 1.58. The maximum atomic E-state index is 10.9. The van der Waals surface area contributed by atoms with Crippen molar-refractivity contribution in [3.05, 3.63) is 41.4 Å². The lowest BCUT2D eigenvalue weighted by Crippen LogP contribution is -2.18. The molecular formula is C13H17N3O3. The van der Waals surface area contributed by atoms with E-state index in [4.69, 9.17) is 9.52 Å². The van der Waals surface area contributed by atoms with Crippen molar-refractivity contribution in [3.8, 4) is 0 Å². The van der Waals surface area contributed by atoms with Gasteiger partial charge in [0.25, 0.3) is 0 Å². The van der Waals surface area contributed by atoms with E-state index in [0.29, 0.717) is 18.1 Å². The fourth-order valence-corrected chi connectivity index (χ4v) is 1.97. The molecule has 0 aliphatic rings. The van der Waals surface area contributed by atoms with Gasteiger partial charge in [0.05, 0.1) is 18.6 Å². The summed E-state index contributed by atoms with van der Waals surface area (Å²) >= 11 is 0. The number of imidazole rings is 1. The molecule has 2 rings (SSSR count). The predicted octanol–water partition coefficient (Wildman–Crippen LogP) is 1.65. The van der Waals surface area contributed by atoms with Gasteiger partial charge in [-0.1, -0.05) is 0 Å². The highest BCUT2D eigenvalue weighted by molar-refractivity contribution is 5.88. The molecule has 2 heterocycles. The van der Waals surface area contributed by atoms with E-state index in [1.54, 1.807) is 19.3 Å². The fraction of sp³-hybridized carbons (Fsp3) is 0.385. The quantitative estimate of drug-likeness (QED) is 0.888. The minimum Gasteiger partial charge on any atom is -0.478 e. The van der Waals surface area contributed by atoms with E-state index in [9.17, 15) is 4.79 Å². The van der Waals surface area contributed by atoms with E-state index in [1.165, 1.54) is 0 Å². The lowest BCUT2D eigenvalue weighted by Gasteiger charge is -2.14.